The number of urea groups is 1. The summed E-state index contributed by atoms with van der Waals surface area (Å²) in [6, 6.07) is 16.1. The van der Waals surface area contributed by atoms with Crippen molar-refractivity contribution in [1.82, 2.24) is 21.2 Å². The van der Waals surface area contributed by atoms with E-state index in [0.717, 1.165) is 10.6 Å². The summed E-state index contributed by atoms with van der Waals surface area (Å²) in [4.78, 5) is 43.3. The number of thiazole rings is 1. The lowest BCUT2D eigenvalue weighted by atomic mass is 10.2. The zero-order valence-corrected chi connectivity index (χ0v) is 17.0. The Morgan fingerprint density at radius 3 is 2.57 bits per heavy atom. The first-order valence-corrected chi connectivity index (χ1v) is 10.1. The largest absolute Gasteiger partial charge is 0.336 e. The molecule has 4 rings (SSSR count). The van der Waals surface area contributed by atoms with Gasteiger partial charge in [-0.25, -0.2) is 9.78 Å². The Labute approximate surface area is 176 Å². The second-order valence-corrected chi connectivity index (χ2v) is 7.64. The van der Waals surface area contributed by atoms with E-state index in [1.807, 2.05) is 30.3 Å². The van der Waals surface area contributed by atoms with Gasteiger partial charge in [0.15, 0.2) is 0 Å². The minimum Gasteiger partial charge on any atom is -0.336 e. The summed E-state index contributed by atoms with van der Waals surface area (Å²) >= 11 is 1.26. The Balaban J connectivity index is 1.43. The van der Waals surface area contributed by atoms with Gasteiger partial charge in [0, 0.05) is 29.9 Å². The minimum atomic E-state index is -0.477. The molecule has 0 radical (unpaired) electrons. The lowest BCUT2D eigenvalue weighted by molar-refractivity contribution is 0.0848. The normalized spacial score (nSPS) is 13.1. The van der Waals surface area contributed by atoms with Gasteiger partial charge in [0.25, 0.3) is 11.8 Å². The van der Waals surface area contributed by atoms with Gasteiger partial charge >= 0.3 is 6.03 Å². The van der Waals surface area contributed by atoms with Crippen LogP contribution in [-0.2, 0) is 0 Å². The number of hydrazine groups is 1. The highest BCUT2D eigenvalue weighted by Gasteiger charge is 2.22. The van der Waals surface area contributed by atoms with Gasteiger partial charge < -0.3 is 5.32 Å². The summed E-state index contributed by atoms with van der Waals surface area (Å²) in [5.41, 5.74) is 7.33. The van der Waals surface area contributed by atoms with E-state index in [2.05, 4.69) is 21.2 Å². The average molecular weight is 421 g/mol. The van der Waals surface area contributed by atoms with Gasteiger partial charge in [-0.15, -0.1) is 11.3 Å². The second-order valence-electron chi connectivity index (χ2n) is 6.64. The molecule has 1 aliphatic rings. The first-order chi connectivity index (χ1) is 14.5. The van der Waals surface area contributed by atoms with Crippen molar-refractivity contribution in [2.24, 2.45) is 0 Å². The van der Waals surface area contributed by atoms with Crippen molar-refractivity contribution < 1.29 is 14.4 Å². The minimum absolute atomic E-state index is 0.198. The summed E-state index contributed by atoms with van der Waals surface area (Å²) in [5.74, 6) is -0.911. The highest BCUT2D eigenvalue weighted by molar-refractivity contribution is 7.17. The third kappa shape index (κ3) is 4.01. The predicted molar refractivity (Wildman–Crippen MR) is 114 cm³/mol. The number of anilines is 1. The number of hydrogen-bond acceptors (Lipinski definition) is 5. The molecule has 0 atom stereocenters. The van der Waals surface area contributed by atoms with E-state index in [0.29, 0.717) is 34.9 Å². The molecule has 1 aliphatic heterocycles. The number of rotatable bonds is 4. The fourth-order valence-electron chi connectivity index (χ4n) is 3.09. The Morgan fingerprint density at radius 1 is 1.07 bits per heavy atom. The number of hydrogen-bond donors (Lipinski definition) is 3. The van der Waals surface area contributed by atoms with E-state index in [1.54, 1.807) is 36.1 Å². The SMILES string of the molecule is Cc1nc(-c2ccccc2)sc1C(=O)NNC(=O)c1cccc(N2CCNC2=O)c1. The number of carbonyl (C=O) groups excluding carboxylic acids is 3. The van der Waals surface area contributed by atoms with Gasteiger partial charge in [0.1, 0.15) is 9.88 Å². The van der Waals surface area contributed by atoms with E-state index in [1.165, 1.54) is 11.3 Å². The van der Waals surface area contributed by atoms with Crippen LogP contribution in [0.4, 0.5) is 10.5 Å². The van der Waals surface area contributed by atoms with Crippen LogP contribution < -0.4 is 21.1 Å². The Hall–Kier alpha value is -3.72. The summed E-state index contributed by atoms with van der Waals surface area (Å²) < 4.78 is 0. The van der Waals surface area contributed by atoms with Crippen LogP contribution in [0.25, 0.3) is 10.6 Å². The Kier molecular flexibility index (Phi) is 5.44. The van der Waals surface area contributed by atoms with Crippen LogP contribution in [-0.4, -0.2) is 35.9 Å². The molecule has 1 aromatic heterocycles. The zero-order valence-electron chi connectivity index (χ0n) is 16.1. The van der Waals surface area contributed by atoms with Crippen LogP contribution in [0.3, 0.4) is 0 Å². The van der Waals surface area contributed by atoms with Crippen molar-refractivity contribution in [3.8, 4) is 10.6 Å². The molecule has 9 heteroatoms. The maximum absolute atomic E-state index is 12.5. The quantitative estimate of drug-likeness (QED) is 0.564. The van der Waals surface area contributed by atoms with Crippen molar-refractivity contribution in [2.75, 3.05) is 18.0 Å². The zero-order chi connectivity index (χ0) is 21.1. The molecular formula is C21H19N5O3S. The second kappa shape index (κ2) is 8.34. The molecule has 0 aliphatic carbocycles. The molecule has 3 N–H and O–H groups in total. The fraction of sp³-hybridized carbons (Fsp3) is 0.143. The number of benzene rings is 2. The third-order valence-electron chi connectivity index (χ3n) is 4.59. The number of nitrogens with one attached hydrogen (secondary N) is 3. The van der Waals surface area contributed by atoms with Gasteiger partial charge in [-0.2, -0.15) is 0 Å². The summed E-state index contributed by atoms with van der Waals surface area (Å²) in [7, 11) is 0. The molecule has 0 unspecified atom stereocenters. The predicted octanol–water partition coefficient (Wildman–Crippen LogP) is 2.72. The molecule has 1 saturated heterocycles. The van der Waals surface area contributed by atoms with Gasteiger partial charge in [0.2, 0.25) is 0 Å². The van der Waals surface area contributed by atoms with Gasteiger partial charge in [-0.3, -0.25) is 25.3 Å². The highest BCUT2D eigenvalue weighted by Crippen LogP contribution is 2.27. The van der Waals surface area contributed by atoms with Crippen molar-refractivity contribution in [3.05, 3.63) is 70.7 Å². The Bertz CT molecular complexity index is 1110. The van der Waals surface area contributed by atoms with Gasteiger partial charge in [-0.1, -0.05) is 36.4 Å². The molecule has 30 heavy (non-hydrogen) atoms. The maximum atomic E-state index is 12.5. The molecule has 1 fully saturated rings. The van der Waals surface area contributed by atoms with E-state index < -0.39 is 11.8 Å². The molecular weight excluding hydrogens is 402 g/mol. The standard InChI is InChI=1S/C21H19N5O3S/c1-13-17(30-20(23-13)14-6-3-2-4-7-14)19(28)25-24-18(27)15-8-5-9-16(12-15)26-11-10-22-21(26)29/h2-9,12H,10-11H2,1H3,(H,22,29)(H,24,27)(H,25,28). The topological polar surface area (TPSA) is 103 Å². The van der Waals surface area contributed by atoms with Crippen molar-refractivity contribution >= 4 is 34.9 Å². The summed E-state index contributed by atoms with van der Waals surface area (Å²) in [5, 5.41) is 3.46. The smallest absolute Gasteiger partial charge is 0.321 e. The number of aromatic nitrogens is 1. The van der Waals surface area contributed by atoms with E-state index >= 15 is 0 Å². The van der Waals surface area contributed by atoms with Crippen LogP contribution >= 0.6 is 11.3 Å². The Morgan fingerprint density at radius 2 is 1.83 bits per heavy atom. The van der Waals surface area contributed by atoms with E-state index in [9.17, 15) is 14.4 Å². The van der Waals surface area contributed by atoms with Crippen molar-refractivity contribution in [1.29, 1.82) is 0 Å². The number of aryl methyl sites for hydroxylation is 1. The molecule has 152 valence electrons. The van der Waals surface area contributed by atoms with Crippen LogP contribution in [0.15, 0.2) is 54.6 Å². The molecule has 0 spiro atoms. The molecule has 0 bridgehead atoms. The third-order valence-corrected chi connectivity index (χ3v) is 5.80. The van der Waals surface area contributed by atoms with Crippen LogP contribution in [0.5, 0.6) is 0 Å². The van der Waals surface area contributed by atoms with Gasteiger partial charge in [0.05, 0.1) is 5.69 Å². The molecule has 8 nitrogen and oxygen atoms in total. The summed E-state index contributed by atoms with van der Waals surface area (Å²) in [6.45, 7) is 2.85. The monoisotopic (exact) mass is 421 g/mol. The number of carbonyl (C=O) groups is 3. The first-order valence-electron chi connectivity index (χ1n) is 9.32. The fourth-order valence-corrected chi connectivity index (χ4v) is 4.05. The molecule has 2 aromatic carbocycles. The van der Waals surface area contributed by atoms with Crippen molar-refractivity contribution in [2.45, 2.75) is 6.92 Å². The first kappa shape index (κ1) is 19.6. The lowest BCUT2D eigenvalue weighted by Gasteiger charge is -2.15. The molecule has 3 aromatic rings. The molecule has 4 amide bonds. The number of nitrogens with zero attached hydrogens (tertiary/aromatic N) is 2. The average Bonchev–Trinajstić information content (AvgIpc) is 3.38. The van der Waals surface area contributed by atoms with E-state index in [-0.39, 0.29) is 6.03 Å². The molecule has 2 heterocycles. The molecule has 0 saturated carbocycles. The number of amides is 4. The van der Waals surface area contributed by atoms with Crippen LogP contribution in [0.1, 0.15) is 25.7 Å². The van der Waals surface area contributed by atoms with Crippen molar-refractivity contribution in [3.63, 3.8) is 0 Å². The van der Waals surface area contributed by atoms with Gasteiger partial charge in [-0.05, 0) is 25.1 Å². The van der Waals surface area contributed by atoms with E-state index in [4.69, 9.17) is 0 Å². The van der Waals surface area contributed by atoms with Crippen LogP contribution in [0.2, 0.25) is 0 Å². The van der Waals surface area contributed by atoms with Crippen LogP contribution in [0, 0.1) is 6.92 Å². The summed E-state index contributed by atoms with van der Waals surface area (Å²) in [6.07, 6.45) is 0. The highest BCUT2D eigenvalue weighted by atomic mass is 32.1. The lowest BCUT2D eigenvalue weighted by Crippen LogP contribution is -2.41. The maximum Gasteiger partial charge on any atom is 0.321 e.